The van der Waals surface area contributed by atoms with Crippen molar-refractivity contribution < 1.29 is 5.11 Å². The fourth-order valence-electron chi connectivity index (χ4n) is 1.98. The van der Waals surface area contributed by atoms with Crippen molar-refractivity contribution in [1.82, 2.24) is 4.98 Å². The van der Waals surface area contributed by atoms with Crippen LogP contribution in [-0.2, 0) is 0 Å². The van der Waals surface area contributed by atoms with Gasteiger partial charge < -0.3 is 10.4 Å². The van der Waals surface area contributed by atoms with Crippen LogP contribution in [0.25, 0.3) is 0 Å². The van der Waals surface area contributed by atoms with Crippen LogP contribution >= 0.6 is 0 Å². The molecule has 0 unspecified atom stereocenters. The Morgan fingerprint density at radius 1 is 1.27 bits per heavy atom. The molecule has 1 heterocycles. The number of anilines is 1. The predicted molar refractivity (Wildman–Crippen MR) is 60.9 cm³/mol. The number of nitrogens with zero attached hydrogens (tertiary/aromatic N) is 1. The van der Waals surface area contributed by atoms with Gasteiger partial charge in [-0.25, -0.2) is 4.98 Å². The fraction of sp³-hybridized carbons (Fsp3) is 0.583. The maximum absolute atomic E-state index is 9.39. The molecule has 0 spiro atoms. The second kappa shape index (κ2) is 4.62. The minimum atomic E-state index is -0.0889. The maximum atomic E-state index is 9.39. The number of hydrogen-bond acceptors (Lipinski definition) is 3. The number of pyridine rings is 1. The molecule has 1 fully saturated rings. The Labute approximate surface area is 90.5 Å². The van der Waals surface area contributed by atoms with Crippen molar-refractivity contribution in [3.63, 3.8) is 0 Å². The zero-order chi connectivity index (χ0) is 10.7. The molecule has 0 saturated heterocycles. The Morgan fingerprint density at radius 3 is 2.60 bits per heavy atom. The molecule has 3 nitrogen and oxygen atoms in total. The summed E-state index contributed by atoms with van der Waals surface area (Å²) in [5.41, 5.74) is 1.18. The molecule has 82 valence electrons. The van der Waals surface area contributed by atoms with E-state index >= 15 is 0 Å². The standard InChI is InChI=1S/C12H18N2O/c1-9-2-7-12(13-8-9)14-10-3-5-11(15)6-4-10/h2,7-8,10-11,15H,3-6H2,1H3,(H,13,14). The molecule has 2 rings (SSSR count). The third-order valence-corrected chi connectivity index (χ3v) is 2.96. The summed E-state index contributed by atoms with van der Waals surface area (Å²) in [6, 6.07) is 4.55. The van der Waals surface area contributed by atoms with Gasteiger partial charge in [0, 0.05) is 12.2 Å². The van der Waals surface area contributed by atoms with Crippen LogP contribution in [0.2, 0.25) is 0 Å². The molecule has 0 amide bonds. The summed E-state index contributed by atoms with van der Waals surface area (Å²) < 4.78 is 0. The molecular formula is C12H18N2O. The van der Waals surface area contributed by atoms with E-state index in [0.717, 1.165) is 31.5 Å². The Bertz CT molecular complexity index is 302. The van der Waals surface area contributed by atoms with Crippen LogP contribution in [0.1, 0.15) is 31.2 Å². The average molecular weight is 206 g/mol. The predicted octanol–water partition coefficient (Wildman–Crippen LogP) is 2.11. The molecule has 1 aliphatic rings. The van der Waals surface area contributed by atoms with Gasteiger partial charge in [0.15, 0.2) is 0 Å². The van der Waals surface area contributed by atoms with Gasteiger partial charge in [0.05, 0.1) is 6.10 Å². The molecule has 3 heteroatoms. The van der Waals surface area contributed by atoms with E-state index in [1.165, 1.54) is 5.56 Å². The highest BCUT2D eigenvalue weighted by molar-refractivity contribution is 5.36. The molecule has 1 aromatic rings. The molecule has 15 heavy (non-hydrogen) atoms. The van der Waals surface area contributed by atoms with Gasteiger partial charge >= 0.3 is 0 Å². The molecule has 2 N–H and O–H groups in total. The van der Waals surface area contributed by atoms with Crippen molar-refractivity contribution in [2.45, 2.75) is 44.8 Å². The number of hydrogen-bond donors (Lipinski definition) is 2. The number of aliphatic hydroxyl groups is 1. The zero-order valence-corrected chi connectivity index (χ0v) is 9.11. The molecule has 0 radical (unpaired) electrons. The lowest BCUT2D eigenvalue weighted by Crippen LogP contribution is -2.28. The number of aliphatic hydroxyl groups excluding tert-OH is 1. The second-order valence-corrected chi connectivity index (χ2v) is 4.37. The van der Waals surface area contributed by atoms with Gasteiger partial charge in [0.25, 0.3) is 0 Å². The van der Waals surface area contributed by atoms with Crippen molar-refractivity contribution in [1.29, 1.82) is 0 Å². The Kier molecular flexibility index (Phi) is 3.21. The lowest BCUT2D eigenvalue weighted by atomic mass is 9.93. The first-order valence-corrected chi connectivity index (χ1v) is 5.61. The maximum Gasteiger partial charge on any atom is 0.126 e. The first kappa shape index (κ1) is 10.4. The van der Waals surface area contributed by atoms with E-state index in [2.05, 4.69) is 16.4 Å². The van der Waals surface area contributed by atoms with Crippen LogP contribution in [0.15, 0.2) is 18.3 Å². The van der Waals surface area contributed by atoms with Crippen LogP contribution in [0.3, 0.4) is 0 Å². The zero-order valence-electron chi connectivity index (χ0n) is 9.11. The molecule has 1 aromatic heterocycles. The summed E-state index contributed by atoms with van der Waals surface area (Å²) >= 11 is 0. The van der Waals surface area contributed by atoms with Gasteiger partial charge in [0.2, 0.25) is 0 Å². The van der Waals surface area contributed by atoms with Crippen molar-refractivity contribution >= 4 is 5.82 Å². The average Bonchev–Trinajstić information content (AvgIpc) is 2.25. The normalized spacial score (nSPS) is 26.3. The van der Waals surface area contributed by atoms with Gasteiger partial charge in [-0.05, 0) is 44.2 Å². The van der Waals surface area contributed by atoms with E-state index in [0.29, 0.717) is 6.04 Å². The summed E-state index contributed by atoms with van der Waals surface area (Å²) in [6.45, 7) is 2.04. The number of aromatic nitrogens is 1. The van der Waals surface area contributed by atoms with Gasteiger partial charge in [-0.2, -0.15) is 0 Å². The van der Waals surface area contributed by atoms with Gasteiger partial charge in [-0.1, -0.05) is 6.07 Å². The molecule has 1 saturated carbocycles. The third kappa shape index (κ3) is 2.93. The van der Waals surface area contributed by atoms with Crippen LogP contribution in [-0.4, -0.2) is 22.2 Å². The summed E-state index contributed by atoms with van der Waals surface area (Å²) in [7, 11) is 0. The highest BCUT2D eigenvalue weighted by Gasteiger charge is 2.18. The summed E-state index contributed by atoms with van der Waals surface area (Å²) in [5, 5.41) is 12.8. The van der Waals surface area contributed by atoms with Gasteiger partial charge in [0.1, 0.15) is 5.82 Å². The van der Waals surface area contributed by atoms with Crippen LogP contribution in [0.4, 0.5) is 5.82 Å². The molecular weight excluding hydrogens is 188 g/mol. The Balaban J connectivity index is 1.89. The molecule has 1 aliphatic carbocycles. The van der Waals surface area contributed by atoms with E-state index in [1.54, 1.807) is 0 Å². The topological polar surface area (TPSA) is 45.1 Å². The van der Waals surface area contributed by atoms with E-state index in [-0.39, 0.29) is 6.10 Å². The monoisotopic (exact) mass is 206 g/mol. The van der Waals surface area contributed by atoms with Crippen molar-refractivity contribution in [2.24, 2.45) is 0 Å². The van der Waals surface area contributed by atoms with Crippen molar-refractivity contribution in [3.05, 3.63) is 23.9 Å². The van der Waals surface area contributed by atoms with Crippen molar-refractivity contribution in [2.75, 3.05) is 5.32 Å². The van der Waals surface area contributed by atoms with Crippen molar-refractivity contribution in [3.8, 4) is 0 Å². The molecule has 0 aliphatic heterocycles. The van der Waals surface area contributed by atoms with E-state index < -0.39 is 0 Å². The Hall–Kier alpha value is -1.09. The van der Waals surface area contributed by atoms with Crippen LogP contribution in [0.5, 0.6) is 0 Å². The SMILES string of the molecule is Cc1ccc(NC2CCC(O)CC2)nc1. The van der Waals surface area contributed by atoms with E-state index in [1.807, 2.05) is 19.2 Å². The molecule has 0 atom stereocenters. The molecule has 0 bridgehead atoms. The van der Waals surface area contributed by atoms with Gasteiger partial charge in [-0.3, -0.25) is 0 Å². The number of nitrogens with one attached hydrogen (secondary N) is 1. The Morgan fingerprint density at radius 2 is 2.00 bits per heavy atom. The highest BCUT2D eigenvalue weighted by atomic mass is 16.3. The highest BCUT2D eigenvalue weighted by Crippen LogP contribution is 2.21. The van der Waals surface area contributed by atoms with E-state index in [9.17, 15) is 5.11 Å². The smallest absolute Gasteiger partial charge is 0.126 e. The summed E-state index contributed by atoms with van der Waals surface area (Å²) in [4.78, 5) is 4.32. The minimum absolute atomic E-state index is 0.0889. The second-order valence-electron chi connectivity index (χ2n) is 4.37. The summed E-state index contributed by atoms with van der Waals surface area (Å²) in [6.07, 6.45) is 5.68. The van der Waals surface area contributed by atoms with Gasteiger partial charge in [-0.15, -0.1) is 0 Å². The molecule has 0 aromatic carbocycles. The minimum Gasteiger partial charge on any atom is -0.393 e. The fourth-order valence-corrected chi connectivity index (χ4v) is 1.98. The largest absolute Gasteiger partial charge is 0.393 e. The first-order valence-electron chi connectivity index (χ1n) is 5.61. The quantitative estimate of drug-likeness (QED) is 0.779. The number of aryl methyl sites for hydroxylation is 1. The van der Waals surface area contributed by atoms with Crippen LogP contribution < -0.4 is 5.32 Å². The van der Waals surface area contributed by atoms with Crippen LogP contribution in [0, 0.1) is 6.92 Å². The van der Waals surface area contributed by atoms with E-state index in [4.69, 9.17) is 0 Å². The number of rotatable bonds is 2. The first-order chi connectivity index (χ1) is 7.24. The third-order valence-electron chi connectivity index (χ3n) is 2.96. The lowest BCUT2D eigenvalue weighted by molar-refractivity contribution is 0.126. The summed E-state index contributed by atoms with van der Waals surface area (Å²) in [5.74, 6) is 0.946. The lowest BCUT2D eigenvalue weighted by Gasteiger charge is -2.26.